The Morgan fingerprint density at radius 3 is 2.50 bits per heavy atom. The molecule has 2 amide bonds. The van der Waals surface area contributed by atoms with Gasteiger partial charge in [-0.2, -0.15) is 0 Å². The van der Waals surface area contributed by atoms with Gasteiger partial charge in [-0.3, -0.25) is 9.59 Å². The van der Waals surface area contributed by atoms with Crippen molar-refractivity contribution >= 4 is 11.8 Å². The van der Waals surface area contributed by atoms with Gasteiger partial charge in [-0.05, 0) is 26.7 Å². The standard InChI is InChI=1S/C12H22N2O2/c1-5-7-8-14-10(15)9(3)13-11(16)12(14,4)6-2/h9H,5-8H2,1-4H3,(H,13,16). The molecule has 1 rings (SSSR count). The molecule has 1 saturated heterocycles. The summed E-state index contributed by atoms with van der Waals surface area (Å²) in [4.78, 5) is 25.8. The molecule has 0 aromatic heterocycles. The molecule has 0 bridgehead atoms. The number of carbonyl (C=O) groups excluding carboxylic acids is 2. The molecule has 0 saturated carbocycles. The molecule has 92 valence electrons. The summed E-state index contributed by atoms with van der Waals surface area (Å²) >= 11 is 0. The summed E-state index contributed by atoms with van der Waals surface area (Å²) in [6.07, 6.45) is 2.63. The number of nitrogens with one attached hydrogen (secondary N) is 1. The monoisotopic (exact) mass is 226 g/mol. The first kappa shape index (κ1) is 13.0. The van der Waals surface area contributed by atoms with Gasteiger partial charge >= 0.3 is 0 Å². The third-order valence-corrected chi connectivity index (χ3v) is 3.49. The van der Waals surface area contributed by atoms with Crippen LogP contribution in [0, 0.1) is 0 Å². The quantitative estimate of drug-likeness (QED) is 0.785. The largest absolute Gasteiger partial charge is 0.343 e. The van der Waals surface area contributed by atoms with Crippen LogP contribution in [-0.2, 0) is 9.59 Å². The fourth-order valence-corrected chi connectivity index (χ4v) is 2.04. The number of amides is 2. The van der Waals surface area contributed by atoms with Crippen molar-refractivity contribution in [3.05, 3.63) is 0 Å². The summed E-state index contributed by atoms with van der Waals surface area (Å²) in [5, 5.41) is 2.75. The van der Waals surface area contributed by atoms with Crippen LogP contribution in [0.2, 0.25) is 0 Å². The van der Waals surface area contributed by atoms with Crippen molar-refractivity contribution in [2.45, 2.75) is 58.5 Å². The summed E-state index contributed by atoms with van der Waals surface area (Å²) in [6.45, 7) is 8.30. The fraction of sp³-hybridized carbons (Fsp3) is 0.833. The highest BCUT2D eigenvalue weighted by atomic mass is 16.2. The number of nitrogens with zero attached hydrogens (tertiary/aromatic N) is 1. The second-order valence-electron chi connectivity index (χ2n) is 4.67. The maximum atomic E-state index is 12.1. The molecule has 16 heavy (non-hydrogen) atoms. The van der Waals surface area contributed by atoms with Gasteiger partial charge in [-0.1, -0.05) is 20.3 Å². The minimum atomic E-state index is -0.668. The van der Waals surface area contributed by atoms with Gasteiger partial charge in [-0.25, -0.2) is 0 Å². The average molecular weight is 226 g/mol. The van der Waals surface area contributed by atoms with Gasteiger partial charge in [0.05, 0.1) is 0 Å². The number of unbranched alkanes of at least 4 members (excludes halogenated alkanes) is 1. The molecule has 0 aromatic rings. The van der Waals surface area contributed by atoms with Crippen LogP contribution in [0.1, 0.15) is 47.0 Å². The van der Waals surface area contributed by atoms with Crippen LogP contribution in [0.15, 0.2) is 0 Å². The first-order valence-electron chi connectivity index (χ1n) is 6.09. The van der Waals surface area contributed by atoms with Crippen molar-refractivity contribution < 1.29 is 9.59 Å². The van der Waals surface area contributed by atoms with E-state index in [0.29, 0.717) is 13.0 Å². The van der Waals surface area contributed by atoms with Gasteiger partial charge in [0.25, 0.3) is 0 Å². The molecule has 0 spiro atoms. The lowest BCUT2D eigenvalue weighted by atomic mass is 9.90. The molecular formula is C12H22N2O2. The van der Waals surface area contributed by atoms with E-state index in [1.807, 2.05) is 13.8 Å². The Bertz CT molecular complexity index is 291. The SMILES string of the molecule is CCCCN1C(=O)C(C)NC(=O)C1(C)CC. The lowest BCUT2D eigenvalue weighted by Crippen LogP contribution is -2.68. The lowest BCUT2D eigenvalue weighted by molar-refractivity contribution is -0.156. The van der Waals surface area contributed by atoms with E-state index in [1.54, 1.807) is 11.8 Å². The normalized spacial score (nSPS) is 30.5. The van der Waals surface area contributed by atoms with E-state index in [0.717, 1.165) is 12.8 Å². The highest BCUT2D eigenvalue weighted by Crippen LogP contribution is 2.25. The van der Waals surface area contributed by atoms with E-state index >= 15 is 0 Å². The lowest BCUT2D eigenvalue weighted by Gasteiger charge is -2.45. The number of piperazine rings is 1. The minimum absolute atomic E-state index is 0.0294. The molecule has 2 unspecified atom stereocenters. The molecular weight excluding hydrogens is 204 g/mol. The van der Waals surface area contributed by atoms with Gasteiger partial charge in [0.2, 0.25) is 11.8 Å². The van der Waals surface area contributed by atoms with E-state index in [4.69, 9.17) is 0 Å². The van der Waals surface area contributed by atoms with Gasteiger partial charge in [-0.15, -0.1) is 0 Å². The number of rotatable bonds is 4. The van der Waals surface area contributed by atoms with E-state index in [1.165, 1.54) is 0 Å². The molecule has 4 heteroatoms. The maximum Gasteiger partial charge on any atom is 0.246 e. The third-order valence-electron chi connectivity index (χ3n) is 3.49. The van der Waals surface area contributed by atoms with Gasteiger partial charge < -0.3 is 10.2 Å². The molecule has 1 heterocycles. The molecule has 0 radical (unpaired) electrons. The Balaban J connectivity index is 2.93. The van der Waals surface area contributed by atoms with Gasteiger partial charge in [0.1, 0.15) is 11.6 Å². The summed E-state index contributed by atoms with van der Waals surface area (Å²) in [5.74, 6) is 0.00982. The number of hydrogen-bond donors (Lipinski definition) is 1. The summed E-state index contributed by atoms with van der Waals surface area (Å²) in [6, 6.07) is -0.385. The average Bonchev–Trinajstić information content (AvgIpc) is 2.26. The van der Waals surface area contributed by atoms with Crippen molar-refractivity contribution in [1.82, 2.24) is 10.2 Å². The van der Waals surface area contributed by atoms with Crippen LogP contribution in [0.5, 0.6) is 0 Å². The van der Waals surface area contributed by atoms with Crippen LogP contribution < -0.4 is 5.32 Å². The number of carbonyl (C=O) groups is 2. The first-order chi connectivity index (χ1) is 7.47. The topological polar surface area (TPSA) is 49.4 Å². The zero-order valence-electron chi connectivity index (χ0n) is 10.7. The molecule has 0 aromatic carbocycles. The Morgan fingerprint density at radius 2 is 2.00 bits per heavy atom. The molecule has 1 aliphatic rings. The van der Waals surface area contributed by atoms with E-state index in [-0.39, 0.29) is 17.9 Å². The van der Waals surface area contributed by atoms with Crippen LogP contribution >= 0.6 is 0 Å². The maximum absolute atomic E-state index is 12.1. The smallest absolute Gasteiger partial charge is 0.246 e. The molecule has 1 fully saturated rings. The second-order valence-corrected chi connectivity index (χ2v) is 4.67. The third kappa shape index (κ3) is 2.06. The fourth-order valence-electron chi connectivity index (χ4n) is 2.04. The number of hydrogen-bond acceptors (Lipinski definition) is 2. The van der Waals surface area contributed by atoms with E-state index in [2.05, 4.69) is 12.2 Å². The van der Waals surface area contributed by atoms with Crippen molar-refractivity contribution in [2.75, 3.05) is 6.54 Å². The molecule has 1 N–H and O–H groups in total. The summed E-state index contributed by atoms with van der Waals surface area (Å²) in [5.41, 5.74) is -0.668. The zero-order chi connectivity index (χ0) is 12.3. The summed E-state index contributed by atoms with van der Waals surface area (Å²) < 4.78 is 0. The molecule has 2 atom stereocenters. The molecule has 0 aliphatic carbocycles. The first-order valence-corrected chi connectivity index (χ1v) is 6.09. The van der Waals surface area contributed by atoms with Gasteiger partial charge in [0.15, 0.2) is 0 Å². The Labute approximate surface area is 97.4 Å². The minimum Gasteiger partial charge on any atom is -0.343 e. The predicted octanol–water partition coefficient (Wildman–Crippen LogP) is 1.30. The molecule has 4 nitrogen and oxygen atoms in total. The second kappa shape index (κ2) is 4.85. The van der Waals surface area contributed by atoms with Crippen LogP contribution in [0.25, 0.3) is 0 Å². The van der Waals surface area contributed by atoms with Crippen LogP contribution in [-0.4, -0.2) is 34.8 Å². The Kier molecular flexibility index (Phi) is 3.94. The van der Waals surface area contributed by atoms with Crippen molar-refractivity contribution in [3.8, 4) is 0 Å². The van der Waals surface area contributed by atoms with Crippen LogP contribution in [0.4, 0.5) is 0 Å². The highest BCUT2D eigenvalue weighted by molar-refractivity contribution is 5.99. The summed E-state index contributed by atoms with van der Waals surface area (Å²) in [7, 11) is 0. The predicted molar refractivity (Wildman–Crippen MR) is 62.9 cm³/mol. The van der Waals surface area contributed by atoms with Crippen molar-refractivity contribution in [2.24, 2.45) is 0 Å². The van der Waals surface area contributed by atoms with Crippen LogP contribution in [0.3, 0.4) is 0 Å². The Hall–Kier alpha value is -1.06. The Morgan fingerprint density at radius 1 is 1.38 bits per heavy atom. The highest BCUT2D eigenvalue weighted by Gasteiger charge is 2.46. The van der Waals surface area contributed by atoms with Gasteiger partial charge in [0, 0.05) is 6.54 Å². The van der Waals surface area contributed by atoms with Crippen molar-refractivity contribution in [1.29, 1.82) is 0 Å². The van der Waals surface area contributed by atoms with E-state index in [9.17, 15) is 9.59 Å². The molecule has 1 aliphatic heterocycles. The van der Waals surface area contributed by atoms with E-state index < -0.39 is 5.54 Å². The zero-order valence-corrected chi connectivity index (χ0v) is 10.7. The van der Waals surface area contributed by atoms with Crippen molar-refractivity contribution in [3.63, 3.8) is 0 Å².